The molecule has 0 unspecified atom stereocenters. The average molecular weight is 200 g/mol. The van der Waals surface area contributed by atoms with Crippen LogP contribution in [0.25, 0.3) is 0 Å². The minimum Gasteiger partial charge on any atom is -0.465 e. The smallest absolute Gasteiger partial charge is 0.407 e. The Hall–Kier alpha value is -0.770. The van der Waals surface area contributed by atoms with Crippen LogP contribution >= 0.6 is 0 Å². The molecule has 1 atom stereocenters. The Morgan fingerprint density at radius 1 is 1.57 bits per heavy atom. The minimum atomic E-state index is -0.798. The van der Waals surface area contributed by atoms with E-state index >= 15 is 0 Å². The lowest BCUT2D eigenvalue weighted by Crippen LogP contribution is -2.45. The zero-order chi connectivity index (χ0) is 10.8. The van der Waals surface area contributed by atoms with E-state index in [0.29, 0.717) is 6.54 Å². The van der Waals surface area contributed by atoms with E-state index in [4.69, 9.17) is 5.11 Å². The SMILES string of the molecule is CC(C)(C)CN(C(=O)O)[C@H]1CCNC1. The van der Waals surface area contributed by atoms with Crippen LogP contribution in [0.5, 0.6) is 0 Å². The van der Waals surface area contributed by atoms with E-state index in [2.05, 4.69) is 26.1 Å². The molecule has 14 heavy (non-hydrogen) atoms. The van der Waals surface area contributed by atoms with Crippen molar-refractivity contribution < 1.29 is 9.90 Å². The van der Waals surface area contributed by atoms with Gasteiger partial charge in [0.1, 0.15) is 0 Å². The fourth-order valence-corrected chi connectivity index (χ4v) is 1.77. The van der Waals surface area contributed by atoms with Crippen LogP contribution in [-0.4, -0.2) is 41.8 Å². The van der Waals surface area contributed by atoms with E-state index in [0.717, 1.165) is 19.5 Å². The molecule has 0 aromatic carbocycles. The van der Waals surface area contributed by atoms with Gasteiger partial charge >= 0.3 is 6.09 Å². The Morgan fingerprint density at radius 3 is 2.57 bits per heavy atom. The summed E-state index contributed by atoms with van der Waals surface area (Å²) in [6.45, 7) is 8.51. The third kappa shape index (κ3) is 3.18. The van der Waals surface area contributed by atoms with Gasteiger partial charge in [-0.15, -0.1) is 0 Å². The number of hydrogen-bond donors (Lipinski definition) is 2. The summed E-state index contributed by atoms with van der Waals surface area (Å²) in [5, 5.41) is 12.3. The van der Waals surface area contributed by atoms with Crippen molar-refractivity contribution in [3.8, 4) is 0 Å². The van der Waals surface area contributed by atoms with Crippen molar-refractivity contribution in [3.63, 3.8) is 0 Å². The van der Waals surface area contributed by atoms with Gasteiger partial charge in [-0.2, -0.15) is 0 Å². The topological polar surface area (TPSA) is 52.6 Å². The quantitative estimate of drug-likeness (QED) is 0.708. The van der Waals surface area contributed by atoms with E-state index in [1.54, 1.807) is 4.90 Å². The highest BCUT2D eigenvalue weighted by Gasteiger charge is 2.29. The third-order valence-electron chi connectivity index (χ3n) is 2.37. The molecule has 1 fully saturated rings. The number of carboxylic acid groups (broad SMARTS) is 1. The van der Waals surface area contributed by atoms with Crippen molar-refractivity contribution in [1.29, 1.82) is 0 Å². The van der Waals surface area contributed by atoms with E-state index in [1.165, 1.54) is 0 Å². The van der Waals surface area contributed by atoms with Crippen LogP contribution in [0.1, 0.15) is 27.2 Å². The molecule has 4 nitrogen and oxygen atoms in total. The van der Waals surface area contributed by atoms with Crippen molar-refractivity contribution in [2.24, 2.45) is 5.41 Å². The largest absolute Gasteiger partial charge is 0.465 e. The number of rotatable bonds is 2. The molecule has 0 spiro atoms. The van der Waals surface area contributed by atoms with Gasteiger partial charge < -0.3 is 15.3 Å². The van der Waals surface area contributed by atoms with Crippen LogP contribution in [0.2, 0.25) is 0 Å². The predicted molar refractivity (Wildman–Crippen MR) is 55.5 cm³/mol. The first-order valence-electron chi connectivity index (χ1n) is 5.10. The summed E-state index contributed by atoms with van der Waals surface area (Å²) in [7, 11) is 0. The van der Waals surface area contributed by atoms with E-state index in [1.807, 2.05) is 0 Å². The van der Waals surface area contributed by atoms with Crippen molar-refractivity contribution in [3.05, 3.63) is 0 Å². The summed E-state index contributed by atoms with van der Waals surface area (Å²) in [6, 6.07) is 0.159. The van der Waals surface area contributed by atoms with Crippen molar-refractivity contribution in [2.45, 2.75) is 33.2 Å². The molecule has 1 amide bonds. The monoisotopic (exact) mass is 200 g/mol. The van der Waals surface area contributed by atoms with Gasteiger partial charge in [-0.05, 0) is 18.4 Å². The molecule has 82 valence electrons. The maximum absolute atomic E-state index is 11.1. The molecule has 0 radical (unpaired) electrons. The van der Waals surface area contributed by atoms with E-state index in [9.17, 15) is 4.79 Å². The van der Waals surface area contributed by atoms with Crippen LogP contribution in [0, 0.1) is 5.41 Å². The third-order valence-corrected chi connectivity index (χ3v) is 2.37. The standard InChI is InChI=1S/C10H20N2O2/c1-10(2,3)7-12(9(13)14)8-4-5-11-6-8/h8,11H,4-7H2,1-3H3,(H,13,14)/t8-/m0/s1. The van der Waals surface area contributed by atoms with Gasteiger partial charge in [0, 0.05) is 19.1 Å². The molecule has 1 heterocycles. The molecular formula is C10H20N2O2. The number of hydrogen-bond acceptors (Lipinski definition) is 2. The van der Waals surface area contributed by atoms with Crippen LogP contribution in [0.3, 0.4) is 0 Å². The predicted octanol–water partition coefficient (Wildman–Crippen LogP) is 1.37. The summed E-state index contributed by atoms with van der Waals surface area (Å²) in [5.74, 6) is 0. The first kappa shape index (κ1) is 11.3. The van der Waals surface area contributed by atoms with Gasteiger partial charge in [0.25, 0.3) is 0 Å². The molecule has 0 aromatic rings. The number of carbonyl (C=O) groups is 1. The lowest BCUT2D eigenvalue weighted by molar-refractivity contribution is 0.106. The Labute approximate surface area is 85.3 Å². The number of amides is 1. The average Bonchev–Trinajstić information content (AvgIpc) is 2.49. The zero-order valence-electron chi connectivity index (χ0n) is 9.21. The van der Waals surface area contributed by atoms with Gasteiger partial charge in [-0.3, -0.25) is 0 Å². The van der Waals surface area contributed by atoms with Crippen LogP contribution in [0.4, 0.5) is 4.79 Å². The van der Waals surface area contributed by atoms with Gasteiger partial charge in [-0.1, -0.05) is 20.8 Å². The Kier molecular flexibility index (Phi) is 3.37. The highest BCUT2D eigenvalue weighted by molar-refractivity contribution is 5.65. The molecule has 1 saturated heterocycles. The first-order valence-corrected chi connectivity index (χ1v) is 5.10. The van der Waals surface area contributed by atoms with Gasteiger partial charge in [-0.25, -0.2) is 4.79 Å². The van der Waals surface area contributed by atoms with E-state index < -0.39 is 6.09 Å². The Balaban J connectivity index is 2.59. The maximum atomic E-state index is 11.1. The second-order valence-corrected chi connectivity index (χ2v) is 5.12. The van der Waals surface area contributed by atoms with Crippen LogP contribution in [0.15, 0.2) is 0 Å². The van der Waals surface area contributed by atoms with E-state index in [-0.39, 0.29) is 11.5 Å². The van der Waals surface area contributed by atoms with Crippen LogP contribution < -0.4 is 5.32 Å². The Bertz CT molecular complexity index is 205. The lowest BCUT2D eigenvalue weighted by Gasteiger charge is -2.31. The number of nitrogens with zero attached hydrogens (tertiary/aromatic N) is 1. The van der Waals surface area contributed by atoms with Crippen molar-refractivity contribution in [1.82, 2.24) is 10.2 Å². The van der Waals surface area contributed by atoms with Crippen molar-refractivity contribution in [2.75, 3.05) is 19.6 Å². The lowest BCUT2D eigenvalue weighted by atomic mass is 9.95. The highest BCUT2D eigenvalue weighted by Crippen LogP contribution is 2.19. The summed E-state index contributed by atoms with van der Waals surface area (Å²) < 4.78 is 0. The minimum absolute atomic E-state index is 0.0288. The second-order valence-electron chi connectivity index (χ2n) is 5.12. The summed E-state index contributed by atoms with van der Waals surface area (Å²) in [5.41, 5.74) is 0.0288. The molecule has 2 N–H and O–H groups in total. The Morgan fingerprint density at radius 2 is 2.21 bits per heavy atom. The highest BCUT2D eigenvalue weighted by atomic mass is 16.4. The summed E-state index contributed by atoms with van der Waals surface area (Å²) in [6.07, 6.45) is 0.135. The zero-order valence-corrected chi connectivity index (χ0v) is 9.21. The summed E-state index contributed by atoms with van der Waals surface area (Å²) in [4.78, 5) is 12.6. The van der Waals surface area contributed by atoms with Gasteiger partial charge in [0.05, 0.1) is 0 Å². The molecule has 0 aliphatic carbocycles. The normalized spacial score (nSPS) is 22.4. The van der Waals surface area contributed by atoms with Gasteiger partial charge in [0.2, 0.25) is 0 Å². The maximum Gasteiger partial charge on any atom is 0.407 e. The van der Waals surface area contributed by atoms with Crippen LogP contribution in [-0.2, 0) is 0 Å². The fraction of sp³-hybridized carbons (Fsp3) is 0.900. The molecule has 0 saturated carbocycles. The summed E-state index contributed by atoms with van der Waals surface area (Å²) >= 11 is 0. The molecule has 0 aromatic heterocycles. The first-order chi connectivity index (χ1) is 6.40. The number of nitrogens with one attached hydrogen (secondary N) is 1. The van der Waals surface area contributed by atoms with Gasteiger partial charge in [0.15, 0.2) is 0 Å². The molecule has 1 aliphatic rings. The van der Waals surface area contributed by atoms with Crippen molar-refractivity contribution >= 4 is 6.09 Å². The second kappa shape index (κ2) is 4.17. The molecule has 4 heteroatoms. The molecular weight excluding hydrogens is 180 g/mol. The fourth-order valence-electron chi connectivity index (χ4n) is 1.77. The molecule has 1 rings (SSSR count). The molecule has 1 aliphatic heterocycles. The molecule has 0 bridgehead atoms.